The first-order chi connectivity index (χ1) is 7.15. The van der Waals surface area contributed by atoms with Crippen LogP contribution in [-0.4, -0.2) is 18.0 Å². The van der Waals surface area contributed by atoms with E-state index in [0.29, 0.717) is 5.69 Å². The number of rotatable bonds is 2. The van der Waals surface area contributed by atoms with Gasteiger partial charge < -0.3 is 5.73 Å². The molecule has 0 radical (unpaired) electrons. The van der Waals surface area contributed by atoms with Crippen LogP contribution in [0, 0.1) is 11.7 Å². The fraction of sp³-hybridized carbons (Fsp3) is 0.500. The SMILES string of the molecule is CC1CCN(Cc2ccc(F)cc2N)C1. The molecule has 1 unspecified atom stereocenters. The Hall–Kier alpha value is -1.09. The number of likely N-dealkylation sites (tertiary alicyclic amines) is 1. The predicted octanol–water partition coefficient (Wildman–Crippen LogP) is 2.25. The lowest BCUT2D eigenvalue weighted by Gasteiger charge is -2.16. The molecule has 1 aromatic carbocycles. The average Bonchev–Trinajstić information content (AvgIpc) is 2.56. The molecular formula is C12H17FN2. The van der Waals surface area contributed by atoms with Crippen LogP contribution in [0.1, 0.15) is 18.9 Å². The first-order valence-electron chi connectivity index (χ1n) is 5.41. The van der Waals surface area contributed by atoms with Crippen LogP contribution in [0.25, 0.3) is 0 Å². The largest absolute Gasteiger partial charge is 0.398 e. The van der Waals surface area contributed by atoms with Gasteiger partial charge in [-0.25, -0.2) is 4.39 Å². The van der Waals surface area contributed by atoms with E-state index < -0.39 is 0 Å². The highest BCUT2D eigenvalue weighted by Gasteiger charge is 2.19. The van der Waals surface area contributed by atoms with Crippen molar-refractivity contribution in [1.82, 2.24) is 4.90 Å². The van der Waals surface area contributed by atoms with Gasteiger partial charge in [-0.3, -0.25) is 4.90 Å². The number of nitrogen functional groups attached to an aromatic ring is 1. The van der Waals surface area contributed by atoms with Crippen molar-refractivity contribution in [1.29, 1.82) is 0 Å². The Morgan fingerprint density at radius 2 is 2.33 bits per heavy atom. The summed E-state index contributed by atoms with van der Waals surface area (Å²) in [5, 5.41) is 0. The number of benzene rings is 1. The first kappa shape index (κ1) is 10.4. The Balaban J connectivity index is 2.04. The Kier molecular flexibility index (Phi) is 2.91. The molecule has 1 aliphatic rings. The average molecular weight is 208 g/mol. The van der Waals surface area contributed by atoms with Crippen molar-refractivity contribution < 1.29 is 4.39 Å². The minimum atomic E-state index is -0.258. The molecule has 3 heteroatoms. The van der Waals surface area contributed by atoms with Crippen LogP contribution in [0.5, 0.6) is 0 Å². The zero-order valence-corrected chi connectivity index (χ0v) is 9.04. The second-order valence-corrected chi connectivity index (χ2v) is 4.47. The Morgan fingerprint density at radius 3 is 2.93 bits per heavy atom. The summed E-state index contributed by atoms with van der Waals surface area (Å²) < 4.78 is 12.8. The van der Waals surface area contributed by atoms with E-state index in [1.54, 1.807) is 6.07 Å². The van der Waals surface area contributed by atoms with E-state index in [4.69, 9.17) is 5.73 Å². The molecule has 1 aromatic rings. The summed E-state index contributed by atoms with van der Waals surface area (Å²) in [6.07, 6.45) is 1.25. The molecule has 0 bridgehead atoms. The van der Waals surface area contributed by atoms with Crippen molar-refractivity contribution in [3.8, 4) is 0 Å². The van der Waals surface area contributed by atoms with Gasteiger partial charge >= 0.3 is 0 Å². The molecule has 0 aromatic heterocycles. The fourth-order valence-electron chi connectivity index (χ4n) is 2.12. The summed E-state index contributed by atoms with van der Waals surface area (Å²) in [5.74, 6) is 0.512. The van der Waals surface area contributed by atoms with Crippen molar-refractivity contribution in [2.45, 2.75) is 19.9 Å². The van der Waals surface area contributed by atoms with Gasteiger partial charge in [0.2, 0.25) is 0 Å². The zero-order valence-electron chi connectivity index (χ0n) is 9.04. The molecule has 15 heavy (non-hydrogen) atoms. The maximum Gasteiger partial charge on any atom is 0.125 e. The van der Waals surface area contributed by atoms with Crippen LogP contribution < -0.4 is 5.73 Å². The number of nitrogens with two attached hydrogens (primary N) is 1. The lowest BCUT2D eigenvalue weighted by Crippen LogP contribution is -2.20. The molecule has 2 nitrogen and oxygen atoms in total. The Labute approximate surface area is 89.9 Å². The van der Waals surface area contributed by atoms with Gasteiger partial charge in [-0.2, -0.15) is 0 Å². The summed E-state index contributed by atoms with van der Waals surface area (Å²) in [6, 6.07) is 4.66. The van der Waals surface area contributed by atoms with Crippen LogP contribution in [-0.2, 0) is 6.54 Å². The Morgan fingerprint density at radius 1 is 1.53 bits per heavy atom. The summed E-state index contributed by atoms with van der Waals surface area (Å²) in [5.41, 5.74) is 7.36. The van der Waals surface area contributed by atoms with E-state index in [1.165, 1.54) is 18.6 Å². The summed E-state index contributed by atoms with van der Waals surface area (Å²) in [7, 11) is 0. The van der Waals surface area contributed by atoms with Crippen molar-refractivity contribution >= 4 is 5.69 Å². The fourth-order valence-corrected chi connectivity index (χ4v) is 2.12. The van der Waals surface area contributed by atoms with E-state index in [1.807, 2.05) is 0 Å². The van der Waals surface area contributed by atoms with E-state index >= 15 is 0 Å². The molecule has 1 fully saturated rings. The van der Waals surface area contributed by atoms with E-state index in [0.717, 1.165) is 31.1 Å². The topological polar surface area (TPSA) is 29.3 Å². The van der Waals surface area contributed by atoms with Gasteiger partial charge in [-0.1, -0.05) is 13.0 Å². The molecule has 2 rings (SSSR count). The minimum Gasteiger partial charge on any atom is -0.398 e. The zero-order chi connectivity index (χ0) is 10.8. The van der Waals surface area contributed by atoms with Gasteiger partial charge in [0.1, 0.15) is 5.82 Å². The summed E-state index contributed by atoms with van der Waals surface area (Å²) >= 11 is 0. The van der Waals surface area contributed by atoms with Crippen molar-refractivity contribution in [2.24, 2.45) is 5.92 Å². The van der Waals surface area contributed by atoms with E-state index in [2.05, 4.69) is 11.8 Å². The van der Waals surface area contributed by atoms with Crippen molar-refractivity contribution in [3.05, 3.63) is 29.6 Å². The van der Waals surface area contributed by atoms with Crippen LogP contribution in [0.4, 0.5) is 10.1 Å². The molecule has 0 amide bonds. The van der Waals surface area contributed by atoms with Gasteiger partial charge in [0.25, 0.3) is 0 Å². The third-order valence-corrected chi connectivity index (χ3v) is 3.01. The van der Waals surface area contributed by atoms with E-state index in [9.17, 15) is 4.39 Å². The van der Waals surface area contributed by atoms with Crippen LogP contribution in [0.3, 0.4) is 0 Å². The van der Waals surface area contributed by atoms with E-state index in [-0.39, 0.29) is 5.82 Å². The molecule has 2 N–H and O–H groups in total. The lowest BCUT2D eigenvalue weighted by molar-refractivity contribution is 0.321. The van der Waals surface area contributed by atoms with Gasteiger partial charge in [0.15, 0.2) is 0 Å². The Bertz CT molecular complexity index is 351. The molecule has 1 heterocycles. The number of anilines is 1. The third-order valence-electron chi connectivity index (χ3n) is 3.01. The molecule has 1 saturated heterocycles. The first-order valence-corrected chi connectivity index (χ1v) is 5.41. The highest BCUT2D eigenvalue weighted by atomic mass is 19.1. The van der Waals surface area contributed by atoms with Gasteiger partial charge in [-0.15, -0.1) is 0 Å². The quantitative estimate of drug-likeness (QED) is 0.755. The van der Waals surface area contributed by atoms with Crippen molar-refractivity contribution in [3.63, 3.8) is 0 Å². The monoisotopic (exact) mass is 208 g/mol. The minimum absolute atomic E-state index is 0.258. The van der Waals surface area contributed by atoms with Crippen LogP contribution >= 0.6 is 0 Å². The van der Waals surface area contributed by atoms with Gasteiger partial charge in [0.05, 0.1) is 0 Å². The smallest absolute Gasteiger partial charge is 0.125 e. The third kappa shape index (κ3) is 2.48. The molecular weight excluding hydrogens is 191 g/mol. The maximum atomic E-state index is 12.8. The molecule has 0 spiro atoms. The standard InChI is InChI=1S/C12H17FN2/c1-9-4-5-15(7-9)8-10-2-3-11(13)6-12(10)14/h2-3,6,9H,4-5,7-8,14H2,1H3. The highest BCUT2D eigenvalue weighted by molar-refractivity contribution is 5.46. The molecule has 1 atom stereocenters. The van der Waals surface area contributed by atoms with Gasteiger partial charge in [-0.05, 0) is 36.6 Å². The lowest BCUT2D eigenvalue weighted by atomic mass is 10.1. The molecule has 82 valence electrons. The molecule has 0 saturated carbocycles. The maximum absolute atomic E-state index is 12.8. The summed E-state index contributed by atoms with van der Waals surface area (Å²) in [6.45, 7) is 5.35. The molecule has 1 aliphatic heterocycles. The summed E-state index contributed by atoms with van der Waals surface area (Å²) in [4.78, 5) is 2.37. The van der Waals surface area contributed by atoms with Gasteiger partial charge in [0, 0.05) is 18.8 Å². The van der Waals surface area contributed by atoms with Crippen LogP contribution in [0.2, 0.25) is 0 Å². The van der Waals surface area contributed by atoms with Crippen LogP contribution in [0.15, 0.2) is 18.2 Å². The predicted molar refractivity (Wildman–Crippen MR) is 59.9 cm³/mol. The normalized spacial score (nSPS) is 22.1. The number of hydrogen-bond acceptors (Lipinski definition) is 2. The van der Waals surface area contributed by atoms with Crippen molar-refractivity contribution in [2.75, 3.05) is 18.8 Å². The number of hydrogen-bond donors (Lipinski definition) is 1. The second kappa shape index (κ2) is 4.19. The molecule has 0 aliphatic carbocycles. The number of nitrogens with zero attached hydrogens (tertiary/aromatic N) is 1. The second-order valence-electron chi connectivity index (χ2n) is 4.47. The highest BCUT2D eigenvalue weighted by Crippen LogP contribution is 2.21. The number of halogens is 1.